The van der Waals surface area contributed by atoms with E-state index in [0.29, 0.717) is 16.5 Å². The second kappa shape index (κ2) is 4.08. The summed E-state index contributed by atoms with van der Waals surface area (Å²) in [7, 11) is 0. The Bertz CT molecular complexity index is 692. The number of anilines is 1. The van der Waals surface area contributed by atoms with Crippen LogP contribution in [0, 0.1) is 0 Å². The van der Waals surface area contributed by atoms with Gasteiger partial charge in [0.15, 0.2) is 0 Å². The van der Waals surface area contributed by atoms with Crippen LogP contribution in [0.15, 0.2) is 22.9 Å². The SMILES string of the molecule is Nc1n[nH]c(-c2nc(-c3ncccc3Cl)no2)n1. The van der Waals surface area contributed by atoms with Crippen LogP contribution in [0.1, 0.15) is 0 Å². The van der Waals surface area contributed by atoms with E-state index in [2.05, 4.69) is 30.3 Å². The van der Waals surface area contributed by atoms with E-state index < -0.39 is 0 Å². The number of halogens is 1. The van der Waals surface area contributed by atoms with E-state index in [9.17, 15) is 0 Å². The van der Waals surface area contributed by atoms with E-state index in [1.165, 1.54) is 0 Å². The molecule has 3 aromatic rings. The van der Waals surface area contributed by atoms with E-state index in [1.54, 1.807) is 18.3 Å². The predicted molar refractivity (Wildman–Crippen MR) is 62.3 cm³/mol. The van der Waals surface area contributed by atoms with Gasteiger partial charge in [0.1, 0.15) is 5.69 Å². The molecular formula is C9H6ClN7O. The number of H-pyrrole nitrogens is 1. The fraction of sp³-hybridized carbons (Fsp3) is 0. The molecule has 3 heterocycles. The quantitative estimate of drug-likeness (QED) is 0.711. The van der Waals surface area contributed by atoms with Gasteiger partial charge in [0.25, 0.3) is 5.89 Å². The van der Waals surface area contributed by atoms with Crippen molar-refractivity contribution in [2.75, 3.05) is 5.73 Å². The minimum atomic E-state index is 0.0978. The summed E-state index contributed by atoms with van der Waals surface area (Å²) in [5.74, 6) is 0.820. The van der Waals surface area contributed by atoms with Gasteiger partial charge in [-0.3, -0.25) is 10.1 Å². The maximum Gasteiger partial charge on any atom is 0.295 e. The summed E-state index contributed by atoms with van der Waals surface area (Å²) in [4.78, 5) is 12.1. The van der Waals surface area contributed by atoms with Gasteiger partial charge in [0.05, 0.1) is 5.02 Å². The van der Waals surface area contributed by atoms with Crippen LogP contribution < -0.4 is 5.73 Å². The molecule has 9 heteroatoms. The van der Waals surface area contributed by atoms with Crippen LogP contribution in [-0.4, -0.2) is 30.3 Å². The second-order valence-electron chi connectivity index (χ2n) is 3.30. The molecule has 0 saturated heterocycles. The maximum atomic E-state index is 5.98. The Morgan fingerprint density at radius 3 is 2.94 bits per heavy atom. The predicted octanol–water partition coefficient (Wildman–Crippen LogP) is 1.15. The number of hydrogen-bond donors (Lipinski definition) is 2. The zero-order chi connectivity index (χ0) is 12.5. The Morgan fingerprint density at radius 1 is 1.33 bits per heavy atom. The molecule has 3 aromatic heterocycles. The number of nitrogens with one attached hydrogen (secondary N) is 1. The van der Waals surface area contributed by atoms with Gasteiger partial charge in [0.2, 0.25) is 17.6 Å². The van der Waals surface area contributed by atoms with Gasteiger partial charge in [-0.05, 0) is 12.1 Å². The third-order valence-corrected chi connectivity index (χ3v) is 2.41. The molecule has 0 saturated carbocycles. The van der Waals surface area contributed by atoms with Crippen molar-refractivity contribution in [1.29, 1.82) is 0 Å². The topological polar surface area (TPSA) is 119 Å². The highest BCUT2D eigenvalue weighted by molar-refractivity contribution is 6.32. The molecule has 0 spiro atoms. The second-order valence-corrected chi connectivity index (χ2v) is 3.71. The molecule has 0 fully saturated rings. The number of pyridine rings is 1. The van der Waals surface area contributed by atoms with Gasteiger partial charge in [-0.15, -0.1) is 5.10 Å². The molecule has 0 atom stereocenters. The van der Waals surface area contributed by atoms with Gasteiger partial charge < -0.3 is 10.3 Å². The lowest BCUT2D eigenvalue weighted by Crippen LogP contribution is -1.87. The fourth-order valence-corrected chi connectivity index (χ4v) is 1.54. The van der Waals surface area contributed by atoms with Gasteiger partial charge in [-0.1, -0.05) is 16.8 Å². The molecule has 0 aromatic carbocycles. The van der Waals surface area contributed by atoms with Crippen LogP contribution in [-0.2, 0) is 0 Å². The minimum Gasteiger partial charge on any atom is -0.366 e. The van der Waals surface area contributed by atoms with Gasteiger partial charge in [-0.2, -0.15) is 9.97 Å². The lowest BCUT2D eigenvalue weighted by molar-refractivity contribution is 0.429. The number of nitrogen functional groups attached to an aromatic ring is 1. The molecule has 3 N–H and O–H groups in total. The summed E-state index contributed by atoms with van der Waals surface area (Å²) < 4.78 is 5.02. The van der Waals surface area contributed by atoms with Crippen LogP contribution in [0.2, 0.25) is 5.02 Å². The van der Waals surface area contributed by atoms with Crippen LogP contribution in [0.5, 0.6) is 0 Å². The molecule has 0 radical (unpaired) electrons. The monoisotopic (exact) mass is 263 g/mol. The highest BCUT2D eigenvalue weighted by Gasteiger charge is 2.16. The van der Waals surface area contributed by atoms with Gasteiger partial charge >= 0.3 is 0 Å². The summed E-state index contributed by atoms with van der Waals surface area (Å²) in [5, 5.41) is 10.4. The lowest BCUT2D eigenvalue weighted by atomic mass is 10.3. The van der Waals surface area contributed by atoms with E-state index in [4.69, 9.17) is 21.9 Å². The third kappa shape index (κ3) is 1.78. The summed E-state index contributed by atoms with van der Waals surface area (Å²) in [6.45, 7) is 0. The van der Waals surface area contributed by atoms with Crippen LogP contribution in [0.25, 0.3) is 23.2 Å². The first kappa shape index (κ1) is 10.7. The van der Waals surface area contributed by atoms with Crippen molar-refractivity contribution >= 4 is 17.5 Å². The number of nitrogens with zero attached hydrogens (tertiary/aromatic N) is 5. The Balaban J connectivity index is 2.02. The summed E-state index contributed by atoms with van der Waals surface area (Å²) in [6, 6.07) is 3.40. The van der Waals surface area contributed by atoms with Crippen LogP contribution in [0.4, 0.5) is 5.95 Å². The molecule has 8 nitrogen and oxygen atoms in total. The van der Waals surface area contributed by atoms with Gasteiger partial charge in [0, 0.05) is 6.20 Å². The normalized spacial score (nSPS) is 10.7. The highest BCUT2D eigenvalue weighted by atomic mass is 35.5. The summed E-state index contributed by atoms with van der Waals surface area (Å²) in [6.07, 6.45) is 1.59. The molecule has 3 rings (SSSR count). The minimum absolute atomic E-state index is 0.0978. The maximum absolute atomic E-state index is 5.98. The Morgan fingerprint density at radius 2 is 2.22 bits per heavy atom. The number of hydrogen-bond acceptors (Lipinski definition) is 7. The first-order chi connectivity index (χ1) is 8.74. The standard InChI is InChI=1S/C9H6ClN7O/c10-4-2-1-3-12-5(4)6-13-8(18-17-6)7-14-9(11)16-15-7/h1-3H,(H3,11,14,15,16). The molecule has 0 bridgehead atoms. The lowest BCUT2D eigenvalue weighted by Gasteiger charge is -1.94. The van der Waals surface area contributed by atoms with Crippen molar-refractivity contribution in [3.8, 4) is 23.2 Å². The summed E-state index contributed by atoms with van der Waals surface area (Å²) >= 11 is 5.98. The number of aromatic nitrogens is 6. The van der Waals surface area contributed by atoms with Crippen molar-refractivity contribution in [3.05, 3.63) is 23.4 Å². The molecule has 0 aliphatic carbocycles. The molecule has 90 valence electrons. The number of aromatic amines is 1. The third-order valence-electron chi connectivity index (χ3n) is 2.10. The van der Waals surface area contributed by atoms with E-state index in [0.717, 1.165) is 0 Å². The molecule has 0 aliphatic rings. The highest BCUT2D eigenvalue weighted by Crippen LogP contribution is 2.24. The average molecular weight is 264 g/mol. The zero-order valence-electron chi connectivity index (χ0n) is 8.83. The fourth-order valence-electron chi connectivity index (χ4n) is 1.34. The van der Waals surface area contributed by atoms with Crippen molar-refractivity contribution in [2.24, 2.45) is 0 Å². The summed E-state index contributed by atoms with van der Waals surface area (Å²) in [5.41, 5.74) is 5.81. The van der Waals surface area contributed by atoms with E-state index in [-0.39, 0.29) is 17.7 Å². The Labute approximate surface area is 105 Å². The largest absolute Gasteiger partial charge is 0.366 e. The van der Waals surface area contributed by atoms with Crippen LogP contribution in [0.3, 0.4) is 0 Å². The average Bonchev–Trinajstić information content (AvgIpc) is 2.98. The van der Waals surface area contributed by atoms with E-state index >= 15 is 0 Å². The Hall–Kier alpha value is -2.48. The first-order valence-electron chi connectivity index (χ1n) is 4.87. The number of rotatable bonds is 2. The van der Waals surface area contributed by atoms with Crippen molar-refractivity contribution in [3.63, 3.8) is 0 Å². The smallest absolute Gasteiger partial charge is 0.295 e. The van der Waals surface area contributed by atoms with Crippen LogP contribution >= 0.6 is 11.6 Å². The number of nitrogens with two attached hydrogens (primary N) is 1. The molecule has 18 heavy (non-hydrogen) atoms. The van der Waals surface area contributed by atoms with Gasteiger partial charge in [-0.25, -0.2) is 0 Å². The first-order valence-corrected chi connectivity index (χ1v) is 5.24. The van der Waals surface area contributed by atoms with Crippen molar-refractivity contribution < 1.29 is 4.52 Å². The zero-order valence-corrected chi connectivity index (χ0v) is 9.59. The van der Waals surface area contributed by atoms with E-state index in [1.807, 2.05) is 0 Å². The Kier molecular flexibility index (Phi) is 2.41. The molecular weight excluding hydrogens is 258 g/mol. The molecule has 0 unspecified atom stereocenters. The van der Waals surface area contributed by atoms with Crippen molar-refractivity contribution in [1.82, 2.24) is 30.3 Å². The van der Waals surface area contributed by atoms with Crippen molar-refractivity contribution in [2.45, 2.75) is 0 Å². The molecule has 0 amide bonds. The molecule has 0 aliphatic heterocycles.